The molecule has 1 aromatic rings. The molecule has 0 amide bonds. The quantitative estimate of drug-likeness (QED) is 0.851. The zero-order chi connectivity index (χ0) is 13.1. The number of hydrogen-bond acceptors (Lipinski definition) is 1. The van der Waals surface area contributed by atoms with Gasteiger partial charge in [-0.1, -0.05) is 19.8 Å². The fourth-order valence-corrected chi connectivity index (χ4v) is 2.88. The molecular formula is C15H21F2N. The Morgan fingerprint density at radius 2 is 2.06 bits per heavy atom. The van der Waals surface area contributed by atoms with Gasteiger partial charge in [-0.15, -0.1) is 0 Å². The van der Waals surface area contributed by atoms with E-state index >= 15 is 0 Å². The molecule has 18 heavy (non-hydrogen) atoms. The molecule has 0 radical (unpaired) electrons. The average molecular weight is 253 g/mol. The first-order valence-corrected chi connectivity index (χ1v) is 6.77. The normalized spacial score (nSPS) is 26.0. The second-order valence-corrected chi connectivity index (χ2v) is 5.52. The van der Waals surface area contributed by atoms with Crippen LogP contribution in [-0.4, -0.2) is 6.04 Å². The number of halogens is 2. The monoisotopic (exact) mass is 253 g/mol. The fourth-order valence-electron chi connectivity index (χ4n) is 2.88. The lowest BCUT2D eigenvalue weighted by molar-refractivity contribution is 0.283. The topological polar surface area (TPSA) is 12.0 Å². The van der Waals surface area contributed by atoms with Gasteiger partial charge in [-0.2, -0.15) is 0 Å². The van der Waals surface area contributed by atoms with Crippen LogP contribution >= 0.6 is 0 Å². The summed E-state index contributed by atoms with van der Waals surface area (Å²) >= 11 is 0. The van der Waals surface area contributed by atoms with Crippen molar-refractivity contribution >= 4 is 0 Å². The second kappa shape index (κ2) is 5.79. The first-order valence-electron chi connectivity index (χ1n) is 6.77. The van der Waals surface area contributed by atoms with Crippen molar-refractivity contribution in [2.45, 2.75) is 51.6 Å². The van der Waals surface area contributed by atoms with Gasteiger partial charge in [-0.25, -0.2) is 8.78 Å². The lowest BCUT2D eigenvalue weighted by atomic mass is 9.86. The number of rotatable bonds is 3. The third-order valence-corrected chi connectivity index (χ3v) is 3.85. The number of hydrogen-bond donors (Lipinski definition) is 1. The van der Waals surface area contributed by atoms with Crippen molar-refractivity contribution in [3.05, 3.63) is 35.4 Å². The van der Waals surface area contributed by atoms with Gasteiger partial charge >= 0.3 is 0 Å². The van der Waals surface area contributed by atoms with Crippen LogP contribution in [0.25, 0.3) is 0 Å². The lowest BCUT2D eigenvalue weighted by Gasteiger charge is -2.30. The minimum atomic E-state index is -0.378. The molecule has 1 aliphatic rings. The SMILES string of the molecule is CC1CCCC(NC(C)c2cc(F)ccc2F)C1. The maximum Gasteiger partial charge on any atom is 0.128 e. The molecule has 1 aromatic carbocycles. The highest BCUT2D eigenvalue weighted by Gasteiger charge is 2.21. The molecule has 2 rings (SSSR count). The van der Waals surface area contributed by atoms with Crippen molar-refractivity contribution in [2.75, 3.05) is 0 Å². The fraction of sp³-hybridized carbons (Fsp3) is 0.600. The Hall–Kier alpha value is -0.960. The maximum atomic E-state index is 13.6. The first-order chi connectivity index (χ1) is 8.56. The van der Waals surface area contributed by atoms with Gasteiger partial charge in [0.25, 0.3) is 0 Å². The summed E-state index contributed by atoms with van der Waals surface area (Å²) in [6.45, 7) is 4.15. The van der Waals surface area contributed by atoms with Crippen LogP contribution in [0.4, 0.5) is 8.78 Å². The van der Waals surface area contributed by atoms with Crippen LogP contribution < -0.4 is 5.32 Å². The van der Waals surface area contributed by atoms with E-state index in [0.717, 1.165) is 24.8 Å². The Bertz CT molecular complexity index is 405. The number of benzene rings is 1. The average Bonchev–Trinajstić information content (AvgIpc) is 2.32. The largest absolute Gasteiger partial charge is 0.307 e. The lowest BCUT2D eigenvalue weighted by Crippen LogP contribution is -2.35. The third-order valence-electron chi connectivity index (χ3n) is 3.85. The van der Waals surface area contributed by atoms with Gasteiger partial charge in [0.05, 0.1) is 0 Å². The minimum Gasteiger partial charge on any atom is -0.307 e. The van der Waals surface area contributed by atoms with Crippen molar-refractivity contribution in [1.82, 2.24) is 5.32 Å². The molecule has 0 bridgehead atoms. The van der Waals surface area contributed by atoms with Gasteiger partial charge in [-0.05, 0) is 43.9 Å². The van der Waals surface area contributed by atoms with Gasteiger partial charge in [-0.3, -0.25) is 0 Å². The van der Waals surface area contributed by atoms with E-state index in [9.17, 15) is 8.78 Å². The molecule has 1 nitrogen and oxygen atoms in total. The van der Waals surface area contributed by atoms with Crippen molar-refractivity contribution in [1.29, 1.82) is 0 Å². The molecule has 0 saturated heterocycles. The molecule has 0 aromatic heterocycles. The van der Waals surface area contributed by atoms with Crippen LogP contribution in [-0.2, 0) is 0 Å². The summed E-state index contributed by atoms with van der Waals surface area (Å²) in [7, 11) is 0. The molecule has 1 fully saturated rings. The first kappa shape index (κ1) is 13.5. The van der Waals surface area contributed by atoms with Gasteiger partial charge in [0.15, 0.2) is 0 Å². The van der Waals surface area contributed by atoms with Crippen molar-refractivity contribution in [3.8, 4) is 0 Å². The predicted molar refractivity (Wildman–Crippen MR) is 69.3 cm³/mol. The summed E-state index contributed by atoms with van der Waals surface area (Å²) in [6.07, 6.45) is 4.75. The second-order valence-electron chi connectivity index (χ2n) is 5.52. The maximum absolute atomic E-state index is 13.6. The van der Waals surface area contributed by atoms with Crippen LogP contribution in [0, 0.1) is 17.6 Å². The molecule has 1 N–H and O–H groups in total. The van der Waals surface area contributed by atoms with E-state index in [4.69, 9.17) is 0 Å². The smallest absolute Gasteiger partial charge is 0.128 e. The van der Waals surface area contributed by atoms with E-state index in [1.807, 2.05) is 6.92 Å². The number of nitrogens with one attached hydrogen (secondary N) is 1. The Morgan fingerprint density at radius 1 is 1.28 bits per heavy atom. The van der Waals surface area contributed by atoms with Crippen molar-refractivity contribution in [3.63, 3.8) is 0 Å². The molecule has 0 heterocycles. The van der Waals surface area contributed by atoms with E-state index < -0.39 is 0 Å². The molecule has 0 spiro atoms. The highest BCUT2D eigenvalue weighted by atomic mass is 19.1. The zero-order valence-corrected chi connectivity index (χ0v) is 11.0. The summed E-state index contributed by atoms with van der Waals surface area (Å²) < 4.78 is 26.8. The van der Waals surface area contributed by atoms with E-state index in [0.29, 0.717) is 11.6 Å². The van der Waals surface area contributed by atoms with E-state index in [1.165, 1.54) is 25.0 Å². The van der Waals surface area contributed by atoms with Crippen molar-refractivity contribution < 1.29 is 8.78 Å². The summed E-state index contributed by atoms with van der Waals surface area (Å²) in [4.78, 5) is 0. The summed E-state index contributed by atoms with van der Waals surface area (Å²) in [5, 5.41) is 3.43. The molecule has 3 atom stereocenters. The molecule has 3 unspecified atom stereocenters. The highest BCUT2D eigenvalue weighted by molar-refractivity contribution is 5.22. The Balaban J connectivity index is 2.02. The van der Waals surface area contributed by atoms with Crippen LogP contribution in [0.1, 0.15) is 51.1 Å². The van der Waals surface area contributed by atoms with E-state index in [-0.39, 0.29) is 17.7 Å². The predicted octanol–water partition coefficient (Wildman–Crippen LogP) is 4.19. The molecule has 1 saturated carbocycles. The Morgan fingerprint density at radius 3 is 2.78 bits per heavy atom. The van der Waals surface area contributed by atoms with Crippen molar-refractivity contribution in [2.24, 2.45) is 5.92 Å². The van der Waals surface area contributed by atoms with Gasteiger partial charge in [0, 0.05) is 17.6 Å². The van der Waals surface area contributed by atoms with Gasteiger partial charge in [0.1, 0.15) is 11.6 Å². The minimum absolute atomic E-state index is 0.143. The standard InChI is InChI=1S/C15H21F2N/c1-10-4-3-5-13(8-10)18-11(2)14-9-12(16)6-7-15(14)17/h6-7,9-11,13,18H,3-5,8H2,1-2H3. The molecular weight excluding hydrogens is 232 g/mol. The molecule has 1 aliphatic carbocycles. The van der Waals surface area contributed by atoms with Crippen LogP contribution in [0.2, 0.25) is 0 Å². The molecule has 0 aliphatic heterocycles. The summed E-state index contributed by atoms with van der Waals surface area (Å²) in [6, 6.07) is 3.93. The van der Waals surface area contributed by atoms with Gasteiger partial charge in [0.2, 0.25) is 0 Å². The molecule has 100 valence electrons. The van der Waals surface area contributed by atoms with Crippen LogP contribution in [0.3, 0.4) is 0 Å². The Labute approximate surface area is 108 Å². The van der Waals surface area contributed by atoms with Crippen LogP contribution in [0.5, 0.6) is 0 Å². The third kappa shape index (κ3) is 3.29. The van der Waals surface area contributed by atoms with Gasteiger partial charge < -0.3 is 5.32 Å². The highest BCUT2D eigenvalue weighted by Crippen LogP contribution is 2.26. The zero-order valence-electron chi connectivity index (χ0n) is 11.0. The van der Waals surface area contributed by atoms with Crippen LogP contribution in [0.15, 0.2) is 18.2 Å². The molecule has 3 heteroatoms. The Kier molecular flexibility index (Phi) is 4.33. The summed E-state index contributed by atoms with van der Waals surface area (Å²) in [5.41, 5.74) is 0.424. The summed E-state index contributed by atoms with van der Waals surface area (Å²) in [5.74, 6) is 0.0122. The van der Waals surface area contributed by atoms with E-state index in [2.05, 4.69) is 12.2 Å². The van der Waals surface area contributed by atoms with E-state index in [1.54, 1.807) is 0 Å².